The molecule has 15 heavy (non-hydrogen) atoms. The zero-order chi connectivity index (χ0) is 10.5. The van der Waals surface area contributed by atoms with Crippen LogP contribution in [0.15, 0.2) is 0 Å². The monoisotopic (exact) mass is 212 g/mol. The van der Waals surface area contributed by atoms with Crippen LogP contribution in [0.5, 0.6) is 0 Å². The summed E-state index contributed by atoms with van der Waals surface area (Å²) in [6.07, 6.45) is 3.87. The van der Waals surface area contributed by atoms with Crippen molar-refractivity contribution in [2.75, 3.05) is 46.4 Å². The predicted molar refractivity (Wildman–Crippen MR) is 62.0 cm³/mol. The Labute approximate surface area is 93.2 Å². The quantitative estimate of drug-likeness (QED) is 0.751. The van der Waals surface area contributed by atoms with Crippen LogP contribution < -0.4 is 5.32 Å². The molecule has 0 bridgehead atoms. The van der Waals surface area contributed by atoms with Gasteiger partial charge in [0.1, 0.15) is 0 Å². The first-order valence-corrected chi connectivity index (χ1v) is 6.31. The third-order valence-corrected chi connectivity index (χ3v) is 3.64. The molecular weight excluding hydrogens is 188 g/mol. The molecule has 0 aromatic carbocycles. The molecule has 0 amide bonds. The van der Waals surface area contributed by atoms with E-state index in [1.54, 1.807) is 0 Å². The van der Waals surface area contributed by atoms with E-state index in [-0.39, 0.29) is 0 Å². The first-order chi connectivity index (χ1) is 7.34. The van der Waals surface area contributed by atoms with Gasteiger partial charge in [-0.3, -0.25) is 0 Å². The second-order valence-electron chi connectivity index (χ2n) is 5.14. The molecule has 0 saturated carbocycles. The molecule has 0 aromatic heterocycles. The predicted octanol–water partition coefficient (Wildman–Crippen LogP) is 0.954. The highest BCUT2D eigenvalue weighted by Crippen LogP contribution is 2.17. The Balaban J connectivity index is 1.64. The van der Waals surface area contributed by atoms with Gasteiger partial charge in [-0.1, -0.05) is 0 Å². The van der Waals surface area contributed by atoms with Crippen molar-refractivity contribution in [3.63, 3.8) is 0 Å². The lowest BCUT2D eigenvalue weighted by molar-refractivity contribution is 0.0543. The molecule has 0 spiro atoms. The van der Waals surface area contributed by atoms with E-state index in [1.165, 1.54) is 45.4 Å². The van der Waals surface area contributed by atoms with E-state index in [1.807, 2.05) is 0 Å². The molecule has 2 fully saturated rings. The van der Waals surface area contributed by atoms with E-state index in [4.69, 9.17) is 4.74 Å². The van der Waals surface area contributed by atoms with Crippen LogP contribution in [-0.4, -0.2) is 51.3 Å². The van der Waals surface area contributed by atoms with Gasteiger partial charge >= 0.3 is 0 Å². The SMILES string of the molecule is CN(CC1CCOCC1)C[C@@H]1CCNC1. The average Bonchev–Trinajstić information content (AvgIpc) is 2.71. The summed E-state index contributed by atoms with van der Waals surface area (Å²) in [7, 11) is 2.27. The second kappa shape index (κ2) is 5.83. The van der Waals surface area contributed by atoms with E-state index in [2.05, 4.69) is 17.3 Å². The highest BCUT2D eigenvalue weighted by atomic mass is 16.5. The minimum atomic E-state index is 0.873. The minimum Gasteiger partial charge on any atom is -0.381 e. The van der Waals surface area contributed by atoms with Gasteiger partial charge in [-0.15, -0.1) is 0 Å². The maximum absolute atomic E-state index is 5.39. The van der Waals surface area contributed by atoms with Gasteiger partial charge in [0, 0.05) is 26.3 Å². The van der Waals surface area contributed by atoms with E-state index < -0.39 is 0 Å². The van der Waals surface area contributed by atoms with Gasteiger partial charge in [0.25, 0.3) is 0 Å². The Hall–Kier alpha value is -0.120. The van der Waals surface area contributed by atoms with Gasteiger partial charge in [0.15, 0.2) is 0 Å². The molecule has 3 nitrogen and oxygen atoms in total. The first-order valence-electron chi connectivity index (χ1n) is 6.31. The highest BCUT2D eigenvalue weighted by Gasteiger charge is 2.19. The Morgan fingerprint density at radius 1 is 1.13 bits per heavy atom. The number of hydrogen-bond acceptors (Lipinski definition) is 3. The maximum atomic E-state index is 5.39. The lowest BCUT2D eigenvalue weighted by atomic mass is 9.99. The van der Waals surface area contributed by atoms with Crippen LogP contribution in [0.25, 0.3) is 0 Å². The fourth-order valence-corrected chi connectivity index (χ4v) is 2.76. The fourth-order valence-electron chi connectivity index (χ4n) is 2.76. The van der Waals surface area contributed by atoms with E-state index in [0.29, 0.717) is 0 Å². The van der Waals surface area contributed by atoms with Crippen LogP contribution >= 0.6 is 0 Å². The van der Waals surface area contributed by atoms with Crippen LogP contribution in [0.4, 0.5) is 0 Å². The van der Waals surface area contributed by atoms with E-state index in [0.717, 1.165) is 25.0 Å². The molecule has 0 radical (unpaired) electrons. The van der Waals surface area contributed by atoms with Gasteiger partial charge in [-0.2, -0.15) is 0 Å². The molecule has 2 aliphatic heterocycles. The summed E-state index contributed by atoms with van der Waals surface area (Å²) in [6.45, 7) is 6.92. The molecule has 1 atom stereocenters. The van der Waals surface area contributed by atoms with Crippen LogP contribution in [0, 0.1) is 11.8 Å². The van der Waals surface area contributed by atoms with Gasteiger partial charge in [0.2, 0.25) is 0 Å². The van der Waals surface area contributed by atoms with Crippen molar-refractivity contribution in [3.8, 4) is 0 Å². The van der Waals surface area contributed by atoms with Crippen molar-refractivity contribution in [2.45, 2.75) is 19.3 Å². The molecule has 2 rings (SSSR count). The van der Waals surface area contributed by atoms with Crippen molar-refractivity contribution in [2.24, 2.45) is 11.8 Å². The molecular formula is C12H24N2O. The topological polar surface area (TPSA) is 24.5 Å². The lowest BCUT2D eigenvalue weighted by Gasteiger charge is -2.28. The summed E-state index contributed by atoms with van der Waals surface area (Å²) in [5, 5.41) is 3.43. The minimum absolute atomic E-state index is 0.873. The molecule has 1 N–H and O–H groups in total. The third kappa shape index (κ3) is 3.74. The highest BCUT2D eigenvalue weighted by molar-refractivity contribution is 4.75. The van der Waals surface area contributed by atoms with Crippen molar-refractivity contribution in [3.05, 3.63) is 0 Å². The smallest absolute Gasteiger partial charge is 0.0469 e. The van der Waals surface area contributed by atoms with Crippen LogP contribution in [0.2, 0.25) is 0 Å². The third-order valence-electron chi connectivity index (χ3n) is 3.64. The van der Waals surface area contributed by atoms with Gasteiger partial charge in [0.05, 0.1) is 0 Å². The average molecular weight is 212 g/mol. The summed E-state index contributed by atoms with van der Waals surface area (Å²) in [5.74, 6) is 1.76. The molecule has 2 aliphatic rings. The van der Waals surface area contributed by atoms with Crippen molar-refractivity contribution in [1.29, 1.82) is 0 Å². The Kier molecular flexibility index (Phi) is 4.42. The van der Waals surface area contributed by atoms with Crippen LogP contribution in [0.3, 0.4) is 0 Å². The largest absolute Gasteiger partial charge is 0.381 e. The van der Waals surface area contributed by atoms with E-state index >= 15 is 0 Å². The van der Waals surface area contributed by atoms with Crippen molar-refractivity contribution in [1.82, 2.24) is 10.2 Å². The van der Waals surface area contributed by atoms with Gasteiger partial charge < -0.3 is 15.0 Å². The van der Waals surface area contributed by atoms with Crippen molar-refractivity contribution < 1.29 is 4.74 Å². The summed E-state index contributed by atoms with van der Waals surface area (Å²) in [4.78, 5) is 2.52. The second-order valence-corrected chi connectivity index (χ2v) is 5.14. The van der Waals surface area contributed by atoms with Crippen LogP contribution in [0.1, 0.15) is 19.3 Å². The lowest BCUT2D eigenvalue weighted by Crippen LogP contribution is -2.33. The summed E-state index contributed by atoms with van der Waals surface area (Å²) < 4.78 is 5.39. The molecule has 3 heteroatoms. The fraction of sp³-hybridized carbons (Fsp3) is 1.00. The van der Waals surface area contributed by atoms with Crippen LogP contribution in [-0.2, 0) is 4.74 Å². The molecule has 0 unspecified atom stereocenters. The van der Waals surface area contributed by atoms with Crippen molar-refractivity contribution >= 4 is 0 Å². The standard InChI is InChI=1S/C12H24N2O/c1-14(10-12-2-5-13-8-12)9-11-3-6-15-7-4-11/h11-13H,2-10H2,1H3/t12-/m1/s1. The van der Waals surface area contributed by atoms with Gasteiger partial charge in [-0.25, -0.2) is 0 Å². The molecule has 88 valence electrons. The number of rotatable bonds is 4. The Bertz CT molecular complexity index is 174. The molecule has 0 aliphatic carbocycles. The zero-order valence-corrected chi connectivity index (χ0v) is 9.87. The Morgan fingerprint density at radius 2 is 1.87 bits per heavy atom. The zero-order valence-electron chi connectivity index (χ0n) is 9.87. The first kappa shape index (κ1) is 11.4. The number of nitrogens with zero attached hydrogens (tertiary/aromatic N) is 1. The summed E-state index contributed by atoms with van der Waals surface area (Å²) in [6, 6.07) is 0. The molecule has 2 saturated heterocycles. The van der Waals surface area contributed by atoms with E-state index in [9.17, 15) is 0 Å². The Morgan fingerprint density at radius 3 is 2.53 bits per heavy atom. The summed E-state index contributed by atoms with van der Waals surface area (Å²) in [5.41, 5.74) is 0. The number of ether oxygens (including phenoxy) is 1. The number of hydrogen-bond donors (Lipinski definition) is 1. The summed E-state index contributed by atoms with van der Waals surface area (Å²) >= 11 is 0. The molecule has 2 heterocycles. The normalized spacial score (nSPS) is 28.8. The number of nitrogens with one attached hydrogen (secondary N) is 1. The molecule has 0 aromatic rings. The van der Waals surface area contributed by atoms with Gasteiger partial charge in [-0.05, 0) is 51.2 Å². The maximum Gasteiger partial charge on any atom is 0.0469 e.